The van der Waals surface area contributed by atoms with Crippen LogP contribution in [0, 0.1) is 17.3 Å². The summed E-state index contributed by atoms with van der Waals surface area (Å²) in [4.78, 5) is 0. The Morgan fingerprint density at radius 1 is 1.11 bits per heavy atom. The van der Waals surface area contributed by atoms with E-state index in [1.54, 1.807) is 0 Å². The van der Waals surface area contributed by atoms with Crippen molar-refractivity contribution in [3.63, 3.8) is 0 Å². The molecule has 3 N–H and O–H groups in total. The summed E-state index contributed by atoms with van der Waals surface area (Å²) in [6.45, 7) is 10.00. The highest BCUT2D eigenvalue weighted by molar-refractivity contribution is 5.02. The Balaban J connectivity index is 2.34. The molecule has 1 aliphatic rings. The number of hydrogen-bond acceptors (Lipinski definition) is 3. The van der Waals surface area contributed by atoms with Gasteiger partial charge in [0.25, 0.3) is 0 Å². The first-order chi connectivity index (χ1) is 13.3. The number of aliphatic hydroxyl groups excluding tert-OH is 2. The fourth-order valence-corrected chi connectivity index (χ4v) is 4.36. The molecule has 0 radical (unpaired) electrons. The highest BCUT2D eigenvalue weighted by Crippen LogP contribution is 2.36. The van der Waals surface area contributed by atoms with Crippen LogP contribution in [0.2, 0.25) is 0 Å². The minimum atomic E-state index is -1.60. The van der Waals surface area contributed by atoms with Crippen LogP contribution in [0.1, 0.15) is 85.0 Å². The van der Waals surface area contributed by atoms with Crippen molar-refractivity contribution in [2.24, 2.45) is 17.3 Å². The molecule has 0 aromatic rings. The Hall–Kier alpha value is -0.900. The van der Waals surface area contributed by atoms with E-state index >= 15 is 0 Å². The maximum Gasteiger partial charge on any atom is 0.131 e. The van der Waals surface area contributed by atoms with E-state index in [9.17, 15) is 15.3 Å². The average molecular weight is 393 g/mol. The Labute approximate surface area is 173 Å². The van der Waals surface area contributed by atoms with Gasteiger partial charge in [-0.2, -0.15) is 0 Å². The molecule has 0 spiro atoms. The van der Waals surface area contributed by atoms with Gasteiger partial charge in [-0.15, -0.1) is 6.58 Å². The molecule has 1 fully saturated rings. The van der Waals surface area contributed by atoms with Gasteiger partial charge < -0.3 is 15.3 Å². The summed E-state index contributed by atoms with van der Waals surface area (Å²) >= 11 is 0. The highest BCUT2D eigenvalue weighted by Gasteiger charge is 2.31. The first-order valence-electron chi connectivity index (χ1n) is 11.2. The van der Waals surface area contributed by atoms with Crippen molar-refractivity contribution in [1.82, 2.24) is 0 Å². The molecule has 0 aromatic carbocycles. The van der Waals surface area contributed by atoms with E-state index in [4.69, 9.17) is 0 Å². The molecule has 2 unspecified atom stereocenters. The van der Waals surface area contributed by atoms with Crippen LogP contribution in [0.5, 0.6) is 0 Å². The summed E-state index contributed by atoms with van der Waals surface area (Å²) in [6.07, 6.45) is 20.5. The smallest absolute Gasteiger partial charge is 0.131 e. The van der Waals surface area contributed by atoms with Crippen molar-refractivity contribution in [1.29, 1.82) is 0 Å². The summed E-state index contributed by atoms with van der Waals surface area (Å²) in [6, 6.07) is 0. The molecular formula is C25H44O3. The molecular weight excluding hydrogens is 348 g/mol. The van der Waals surface area contributed by atoms with Crippen LogP contribution in [0.15, 0.2) is 37.0 Å². The zero-order valence-corrected chi connectivity index (χ0v) is 18.4. The number of aliphatic hydroxyl groups is 3. The van der Waals surface area contributed by atoms with Crippen molar-refractivity contribution in [3.05, 3.63) is 37.0 Å². The topological polar surface area (TPSA) is 60.7 Å². The molecule has 0 aromatic heterocycles. The van der Waals surface area contributed by atoms with E-state index in [2.05, 4.69) is 51.7 Å². The van der Waals surface area contributed by atoms with E-state index in [-0.39, 0.29) is 0 Å². The first-order valence-corrected chi connectivity index (χ1v) is 11.2. The second-order valence-corrected chi connectivity index (χ2v) is 9.39. The SMILES string of the molecule is C=CC(O)(CO)C(O)CC/C=C\C[C@H]1CCC[C@@H]1/C=C/CCC(C)(C)CCC. The van der Waals surface area contributed by atoms with Gasteiger partial charge in [-0.3, -0.25) is 0 Å². The fourth-order valence-electron chi connectivity index (χ4n) is 4.36. The third-order valence-corrected chi connectivity index (χ3v) is 6.41. The molecule has 0 heterocycles. The van der Waals surface area contributed by atoms with Crippen molar-refractivity contribution in [2.45, 2.75) is 96.7 Å². The molecule has 3 heteroatoms. The fraction of sp³-hybridized carbons (Fsp3) is 0.760. The van der Waals surface area contributed by atoms with Crippen molar-refractivity contribution in [3.8, 4) is 0 Å². The summed E-state index contributed by atoms with van der Waals surface area (Å²) in [5, 5.41) is 29.2. The first kappa shape index (κ1) is 25.1. The lowest BCUT2D eigenvalue weighted by molar-refractivity contribution is -0.0731. The minimum absolute atomic E-state index is 0.418. The Kier molecular flexibility index (Phi) is 11.3. The van der Waals surface area contributed by atoms with Crippen LogP contribution in [0.25, 0.3) is 0 Å². The third-order valence-electron chi connectivity index (χ3n) is 6.41. The van der Waals surface area contributed by atoms with Crippen LogP contribution in [0.4, 0.5) is 0 Å². The molecule has 1 saturated carbocycles. The second kappa shape index (κ2) is 12.6. The van der Waals surface area contributed by atoms with Crippen LogP contribution in [-0.2, 0) is 0 Å². The second-order valence-electron chi connectivity index (χ2n) is 9.39. The standard InChI is InChI=1S/C25H44O3/c1-5-18-24(3,4)19-11-10-14-22-16-12-15-21(22)13-8-7-9-17-23(27)25(28,6-2)20-26/h6-8,10,14,21-23,26-28H,2,5,9,11-13,15-20H2,1,3-4H3/b8-7-,14-10+/t21-,22-,23?,25?/m0/s1. The summed E-state index contributed by atoms with van der Waals surface area (Å²) < 4.78 is 0. The largest absolute Gasteiger partial charge is 0.393 e. The van der Waals surface area contributed by atoms with Gasteiger partial charge in [-0.25, -0.2) is 0 Å². The predicted molar refractivity (Wildman–Crippen MR) is 119 cm³/mol. The van der Waals surface area contributed by atoms with Crippen molar-refractivity contribution in [2.75, 3.05) is 6.61 Å². The molecule has 1 aliphatic carbocycles. The molecule has 162 valence electrons. The van der Waals surface area contributed by atoms with Crippen molar-refractivity contribution < 1.29 is 15.3 Å². The van der Waals surface area contributed by atoms with Crippen LogP contribution >= 0.6 is 0 Å². The molecule has 0 amide bonds. The maximum atomic E-state index is 10.0. The zero-order valence-electron chi connectivity index (χ0n) is 18.4. The third kappa shape index (κ3) is 8.63. The van der Waals surface area contributed by atoms with Crippen LogP contribution in [0.3, 0.4) is 0 Å². The maximum absolute atomic E-state index is 10.0. The Bertz CT molecular complexity index is 494. The summed E-state index contributed by atoms with van der Waals surface area (Å²) in [5.41, 5.74) is -1.14. The zero-order chi connectivity index (χ0) is 21.0. The molecule has 0 saturated heterocycles. The van der Waals surface area contributed by atoms with Crippen LogP contribution in [-0.4, -0.2) is 33.6 Å². The molecule has 0 bridgehead atoms. The van der Waals surface area contributed by atoms with Gasteiger partial charge in [0, 0.05) is 0 Å². The molecule has 0 aliphatic heterocycles. The molecule has 1 rings (SSSR count). The van der Waals surface area contributed by atoms with Gasteiger partial charge >= 0.3 is 0 Å². The quantitative estimate of drug-likeness (QED) is 0.339. The summed E-state index contributed by atoms with van der Waals surface area (Å²) in [7, 11) is 0. The highest BCUT2D eigenvalue weighted by atomic mass is 16.4. The summed E-state index contributed by atoms with van der Waals surface area (Å²) in [5.74, 6) is 1.42. The Morgan fingerprint density at radius 3 is 2.50 bits per heavy atom. The number of rotatable bonds is 14. The lowest BCUT2D eigenvalue weighted by Gasteiger charge is -2.27. The number of hydrogen-bond donors (Lipinski definition) is 3. The van der Waals surface area contributed by atoms with E-state index in [1.165, 1.54) is 51.0 Å². The van der Waals surface area contributed by atoms with E-state index < -0.39 is 18.3 Å². The average Bonchev–Trinajstić information content (AvgIpc) is 3.11. The lowest BCUT2D eigenvalue weighted by Crippen LogP contribution is -2.43. The van der Waals surface area contributed by atoms with Gasteiger partial charge in [0.1, 0.15) is 5.60 Å². The van der Waals surface area contributed by atoms with Gasteiger partial charge in [0.15, 0.2) is 0 Å². The monoisotopic (exact) mass is 392 g/mol. The normalized spacial score (nSPS) is 24.1. The van der Waals surface area contributed by atoms with Gasteiger partial charge in [-0.05, 0) is 68.6 Å². The minimum Gasteiger partial charge on any atom is -0.393 e. The molecule has 3 nitrogen and oxygen atoms in total. The number of allylic oxidation sites excluding steroid dienone is 4. The van der Waals surface area contributed by atoms with Gasteiger partial charge in [0.05, 0.1) is 12.7 Å². The lowest BCUT2D eigenvalue weighted by atomic mass is 9.83. The van der Waals surface area contributed by atoms with Gasteiger partial charge in [-0.1, -0.05) is 64.0 Å². The predicted octanol–water partition coefficient (Wildman–Crippen LogP) is 5.56. The van der Waals surface area contributed by atoms with E-state index in [1.807, 2.05) is 0 Å². The Morgan fingerprint density at radius 2 is 1.86 bits per heavy atom. The molecule has 28 heavy (non-hydrogen) atoms. The van der Waals surface area contributed by atoms with Gasteiger partial charge in [0.2, 0.25) is 0 Å². The molecule has 4 atom stereocenters. The van der Waals surface area contributed by atoms with E-state index in [0.717, 1.165) is 12.3 Å². The van der Waals surface area contributed by atoms with E-state index in [0.29, 0.717) is 24.2 Å². The van der Waals surface area contributed by atoms with Crippen LogP contribution < -0.4 is 0 Å². The van der Waals surface area contributed by atoms with Crippen molar-refractivity contribution >= 4 is 0 Å².